The number of nitrogens with zero attached hydrogens (tertiary/aromatic N) is 1. The summed E-state index contributed by atoms with van der Waals surface area (Å²) in [6, 6.07) is 3.25. The number of hydrogen-bond acceptors (Lipinski definition) is 5. The number of nitrogens with one attached hydrogen (secondary N) is 1. The zero-order valence-corrected chi connectivity index (χ0v) is 13.3. The second-order valence-corrected chi connectivity index (χ2v) is 5.63. The Labute approximate surface area is 134 Å². The third-order valence-electron chi connectivity index (χ3n) is 3.40. The molecule has 0 aliphatic carbocycles. The van der Waals surface area contributed by atoms with Crippen molar-refractivity contribution in [3.63, 3.8) is 0 Å². The molecule has 23 heavy (non-hydrogen) atoms. The Morgan fingerprint density at radius 3 is 2.74 bits per heavy atom. The Morgan fingerprint density at radius 2 is 2.13 bits per heavy atom. The molecule has 122 valence electrons. The summed E-state index contributed by atoms with van der Waals surface area (Å²) in [6.07, 6.45) is 5.69. The van der Waals surface area contributed by atoms with Gasteiger partial charge < -0.3 is 19.9 Å². The number of furan rings is 1. The topological polar surface area (TPSA) is 95.6 Å². The van der Waals surface area contributed by atoms with Crippen molar-refractivity contribution in [2.24, 2.45) is 0 Å². The smallest absolute Gasteiger partial charge is 0.244 e. The van der Waals surface area contributed by atoms with E-state index in [1.54, 1.807) is 26.8 Å². The van der Waals surface area contributed by atoms with Crippen molar-refractivity contribution in [3.8, 4) is 5.75 Å². The molecular weight excluding hydrogens is 296 g/mol. The number of aryl methyl sites for hydroxylation is 2. The molecule has 2 aromatic heterocycles. The standard InChI is InChI=1S/C17H20N2O4/c1-11-6-15(12(2)23-11)17(3,22)10-19-16(21)5-4-13-7-14(20)9-18-8-13/h4-9,20,22H,10H2,1-3H3,(H,19,21)/b5-4+. The predicted molar refractivity (Wildman–Crippen MR) is 85.7 cm³/mol. The lowest BCUT2D eigenvalue weighted by molar-refractivity contribution is -0.117. The highest BCUT2D eigenvalue weighted by Crippen LogP contribution is 2.26. The van der Waals surface area contributed by atoms with E-state index in [-0.39, 0.29) is 18.2 Å². The summed E-state index contributed by atoms with van der Waals surface area (Å²) in [6.45, 7) is 5.24. The van der Waals surface area contributed by atoms with Crippen LogP contribution in [0.1, 0.15) is 29.6 Å². The molecule has 0 fully saturated rings. The van der Waals surface area contributed by atoms with Gasteiger partial charge >= 0.3 is 0 Å². The second kappa shape index (κ2) is 6.66. The largest absolute Gasteiger partial charge is 0.506 e. The molecule has 3 N–H and O–H groups in total. The lowest BCUT2D eigenvalue weighted by Gasteiger charge is -2.22. The Bertz CT molecular complexity index is 732. The molecule has 6 nitrogen and oxygen atoms in total. The summed E-state index contributed by atoms with van der Waals surface area (Å²) < 4.78 is 5.41. The van der Waals surface area contributed by atoms with Crippen molar-refractivity contribution in [2.75, 3.05) is 6.54 Å². The van der Waals surface area contributed by atoms with E-state index in [2.05, 4.69) is 10.3 Å². The summed E-state index contributed by atoms with van der Waals surface area (Å²) in [5.74, 6) is 1.01. The van der Waals surface area contributed by atoms with Crippen LogP contribution >= 0.6 is 0 Å². The van der Waals surface area contributed by atoms with Crippen LogP contribution in [-0.2, 0) is 10.4 Å². The molecule has 6 heteroatoms. The normalized spacial score (nSPS) is 13.9. The van der Waals surface area contributed by atoms with Gasteiger partial charge in [-0.1, -0.05) is 0 Å². The molecule has 2 heterocycles. The lowest BCUT2D eigenvalue weighted by Crippen LogP contribution is -2.38. The molecule has 1 amide bonds. The summed E-state index contributed by atoms with van der Waals surface area (Å²) in [5.41, 5.74) is 0.0300. The van der Waals surface area contributed by atoms with Gasteiger partial charge in [-0.25, -0.2) is 0 Å². The molecule has 2 aromatic rings. The van der Waals surface area contributed by atoms with Crippen LogP contribution in [0, 0.1) is 13.8 Å². The molecule has 0 aliphatic rings. The van der Waals surface area contributed by atoms with E-state index in [0.29, 0.717) is 22.6 Å². The van der Waals surface area contributed by atoms with Crippen molar-refractivity contribution in [3.05, 3.63) is 53.2 Å². The fraction of sp³-hybridized carbons (Fsp3) is 0.294. The van der Waals surface area contributed by atoms with E-state index >= 15 is 0 Å². The highest BCUT2D eigenvalue weighted by molar-refractivity contribution is 5.91. The van der Waals surface area contributed by atoms with Gasteiger partial charge in [0.15, 0.2) is 0 Å². The van der Waals surface area contributed by atoms with Gasteiger partial charge in [-0.05, 0) is 44.5 Å². The average Bonchev–Trinajstić information content (AvgIpc) is 2.83. The van der Waals surface area contributed by atoms with Crippen LogP contribution in [0.25, 0.3) is 6.08 Å². The minimum Gasteiger partial charge on any atom is -0.506 e. The van der Waals surface area contributed by atoms with E-state index < -0.39 is 5.60 Å². The maximum atomic E-state index is 11.9. The first-order valence-corrected chi connectivity index (χ1v) is 7.18. The summed E-state index contributed by atoms with van der Waals surface area (Å²) in [4.78, 5) is 15.7. The maximum absolute atomic E-state index is 11.9. The van der Waals surface area contributed by atoms with Gasteiger partial charge in [0.05, 0.1) is 12.7 Å². The first kappa shape index (κ1) is 16.8. The molecule has 0 aliphatic heterocycles. The van der Waals surface area contributed by atoms with Crippen molar-refractivity contribution in [2.45, 2.75) is 26.4 Å². The maximum Gasteiger partial charge on any atom is 0.244 e. The van der Waals surface area contributed by atoms with Crippen molar-refractivity contribution in [1.82, 2.24) is 10.3 Å². The predicted octanol–water partition coefficient (Wildman–Crippen LogP) is 2.03. The summed E-state index contributed by atoms with van der Waals surface area (Å²) >= 11 is 0. The zero-order chi connectivity index (χ0) is 17.0. The molecule has 0 aromatic carbocycles. The van der Waals surface area contributed by atoms with Gasteiger partial charge in [0.25, 0.3) is 0 Å². The average molecular weight is 316 g/mol. The van der Waals surface area contributed by atoms with E-state index in [9.17, 15) is 15.0 Å². The van der Waals surface area contributed by atoms with Gasteiger partial charge in [-0.3, -0.25) is 9.78 Å². The van der Waals surface area contributed by atoms with E-state index in [1.807, 2.05) is 0 Å². The molecule has 0 bridgehead atoms. The SMILES string of the molecule is Cc1cc(C(C)(O)CNC(=O)/C=C/c2cncc(O)c2)c(C)o1. The van der Waals surface area contributed by atoms with Crippen molar-refractivity contribution in [1.29, 1.82) is 0 Å². The minimum absolute atomic E-state index is 0.0290. The van der Waals surface area contributed by atoms with Crippen LogP contribution in [0.4, 0.5) is 0 Å². The molecule has 2 rings (SSSR count). The molecular formula is C17H20N2O4. The molecule has 0 radical (unpaired) electrons. The fourth-order valence-corrected chi connectivity index (χ4v) is 2.29. The summed E-state index contributed by atoms with van der Waals surface area (Å²) in [7, 11) is 0. The van der Waals surface area contributed by atoms with Gasteiger partial charge in [0.1, 0.15) is 22.9 Å². The number of rotatable bonds is 5. The Kier molecular flexibility index (Phi) is 4.86. The zero-order valence-electron chi connectivity index (χ0n) is 13.3. The molecule has 0 spiro atoms. The van der Waals surface area contributed by atoms with Crippen LogP contribution in [0.5, 0.6) is 5.75 Å². The third kappa shape index (κ3) is 4.43. The van der Waals surface area contributed by atoms with Crippen molar-refractivity contribution >= 4 is 12.0 Å². The number of carbonyl (C=O) groups is 1. The van der Waals surface area contributed by atoms with Crippen LogP contribution in [-0.4, -0.2) is 27.6 Å². The first-order valence-electron chi connectivity index (χ1n) is 7.18. The van der Waals surface area contributed by atoms with E-state index in [4.69, 9.17) is 4.42 Å². The molecule has 1 atom stereocenters. The minimum atomic E-state index is -1.22. The van der Waals surface area contributed by atoms with Gasteiger partial charge in [0.2, 0.25) is 5.91 Å². The highest BCUT2D eigenvalue weighted by Gasteiger charge is 2.27. The van der Waals surface area contributed by atoms with Gasteiger partial charge in [-0.15, -0.1) is 0 Å². The Hall–Kier alpha value is -2.60. The van der Waals surface area contributed by atoms with E-state index in [0.717, 1.165) is 0 Å². The molecule has 0 saturated heterocycles. The lowest BCUT2D eigenvalue weighted by atomic mass is 9.96. The number of hydrogen-bond donors (Lipinski definition) is 3. The van der Waals surface area contributed by atoms with Gasteiger partial charge in [0, 0.05) is 17.8 Å². The number of aromatic hydroxyl groups is 1. The first-order chi connectivity index (χ1) is 10.8. The van der Waals surface area contributed by atoms with E-state index in [1.165, 1.54) is 30.6 Å². The quantitative estimate of drug-likeness (QED) is 0.734. The molecule has 0 saturated carbocycles. The molecule has 1 unspecified atom stereocenters. The van der Waals surface area contributed by atoms with Crippen LogP contribution in [0.15, 0.2) is 35.0 Å². The van der Waals surface area contributed by atoms with Crippen LogP contribution < -0.4 is 5.32 Å². The number of carbonyl (C=O) groups excluding carboxylic acids is 1. The van der Waals surface area contributed by atoms with Crippen molar-refractivity contribution < 1.29 is 19.4 Å². The monoisotopic (exact) mass is 316 g/mol. The second-order valence-electron chi connectivity index (χ2n) is 5.63. The summed E-state index contributed by atoms with van der Waals surface area (Å²) in [5, 5.41) is 22.5. The highest BCUT2D eigenvalue weighted by atomic mass is 16.3. The number of pyridine rings is 1. The van der Waals surface area contributed by atoms with Gasteiger partial charge in [-0.2, -0.15) is 0 Å². The number of aliphatic hydroxyl groups is 1. The Balaban J connectivity index is 1.97. The third-order valence-corrected chi connectivity index (χ3v) is 3.40. The van der Waals surface area contributed by atoms with Crippen LogP contribution in [0.3, 0.4) is 0 Å². The number of aromatic nitrogens is 1. The Morgan fingerprint density at radius 1 is 1.39 bits per heavy atom. The number of amides is 1. The van der Waals surface area contributed by atoms with Crippen LogP contribution in [0.2, 0.25) is 0 Å². The fourth-order valence-electron chi connectivity index (χ4n) is 2.29.